The summed E-state index contributed by atoms with van der Waals surface area (Å²) in [6, 6.07) is 23.1. The van der Waals surface area contributed by atoms with Gasteiger partial charge in [-0.15, -0.1) is 11.3 Å². The number of hydrogen-bond donors (Lipinski definition) is 1. The Bertz CT molecular complexity index is 1180. The van der Waals surface area contributed by atoms with Crippen LogP contribution in [-0.2, 0) is 11.2 Å². The molecule has 4 aromatic rings. The van der Waals surface area contributed by atoms with Crippen molar-refractivity contribution < 1.29 is 14.3 Å². The predicted octanol–water partition coefficient (Wildman–Crippen LogP) is 5.89. The maximum Gasteiger partial charge on any atom is 0.224 e. The van der Waals surface area contributed by atoms with Gasteiger partial charge in [0, 0.05) is 24.1 Å². The van der Waals surface area contributed by atoms with Gasteiger partial charge in [0.15, 0.2) is 5.78 Å². The van der Waals surface area contributed by atoms with Gasteiger partial charge in [-0.05, 0) is 67.4 Å². The number of aromatic nitrogens is 1. The maximum absolute atomic E-state index is 12.2. The summed E-state index contributed by atoms with van der Waals surface area (Å²) in [5.41, 5.74) is 3.63. The van der Waals surface area contributed by atoms with E-state index in [2.05, 4.69) is 16.4 Å². The van der Waals surface area contributed by atoms with Crippen molar-refractivity contribution in [2.45, 2.75) is 26.2 Å². The molecule has 1 heterocycles. The molecule has 0 atom stereocenters. The van der Waals surface area contributed by atoms with Crippen molar-refractivity contribution >= 4 is 38.9 Å². The fourth-order valence-corrected chi connectivity index (χ4v) is 4.31. The number of Topliss-reactive ketones (excluding diaryl/α,β-unsaturated/α-hetero) is 1. The molecular formula is C26H24N2O3S. The lowest BCUT2D eigenvalue weighted by Crippen LogP contribution is -2.12. The van der Waals surface area contributed by atoms with E-state index in [0.717, 1.165) is 28.2 Å². The molecule has 3 aromatic carbocycles. The summed E-state index contributed by atoms with van der Waals surface area (Å²) in [7, 11) is 0. The van der Waals surface area contributed by atoms with E-state index in [0.29, 0.717) is 30.8 Å². The molecule has 0 fully saturated rings. The molecule has 4 rings (SSSR count). The highest BCUT2D eigenvalue weighted by molar-refractivity contribution is 7.18. The highest BCUT2D eigenvalue weighted by atomic mass is 32.1. The van der Waals surface area contributed by atoms with Gasteiger partial charge in [0.1, 0.15) is 5.75 Å². The van der Waals surface area contributed by atoms with Crippen LogP contribution in [0, 0.1) is 0 Å². The van der Waals surface area contributed by atoms with Crippen LogP contribution >= 0.6 is 11.3 Å². The standard InChI is InChI=1S/C26H24N2O3S/c1-18(29)20-10-14-22(15-11-20)31-16-4-7-25(30)27-21-12-8-19(9-13-21)17-26-28-23-5-2-3-6-24(23)32-26/h2-3,5-6,8-15H,4,7,16-17H2,1H3,(H,27,30). The van der Waals surface area contributed by atoms with Crippen molar-refractivity contribution in [1.29, 1.82) is 0 Å². The molecule has 0 unspecified atom stereocenters. The molecule has 1 amide bonds. The molecule has 0 saturated heterocycles. The lowest BCUT2D eigenvalue weighted by molar-refractivity contribution is -0.116. The van der Waals surface area contributed by atoms with Crippen molar-refractivity contribution in [2.24, 2.45) is 0 Å². The highest BCUT2D eigenvalue weighted by Gasteiger charge is 2.06. The fourth-order valence-electron chi connectivity index (χ4n) is 3.31. The maximum atomic E-state index is 12.2. The molecule has 32 heavy (non-hydrogen) atoms. The van der Waals surface area contributed by atoms with E-state index in [1.54, 1.807) is 35.6 Å². The molecule has 0 saturated carbocycles. The van der Waals surface area contributed by atoms with Crippen LogP contribution in [0.25, 0.3) is 10.2 Å². The Kier molecular flexibility index (Phi) is 6.92. The molecule has 1 N–H and O–H groups in total. The summed E-state index contributed by atoms with van der Waals surface area (Å²) in [5.74, 6) is 0.677. The zero-order valence-electron chi connectivity index (χ0n) is 17.8. The summed E-state index contributed by atoms with van der Waals surface area (Å²) in [6.07, 6.45) is 1.76. The number of hydrogen-bond acceptors (Lipinski definition) is 5. The number of fused-ring (bicyclic) bond motifs is 1. The van der Waals surface area contributed by atoms with Crippen molar-refractivity contribution in [2.75, 3.05) is 11.9 Å². The van der Waals surface area contributed by atoms with Gasteiger partial charge in [-0.1, -0.05) is 24.3 Å². The molecule has 0 spiro atoms. The molecule has 0 aliphatic carbocycles. The molecule has 0 bridgehead atoms. The molecule has 5 nitrogen and oxygen atoms in total. The summed E-state index contributed by atoms with van der Waals surface area (Å²) < 4.78 is 6.84. The van der Waals surface area contributed by atoms with Crippen LogP contribution in [0.3, 0.4) is 0 Å². The van der Waals surface area contributed by atoms with Gasteiger partial charge in [0.25, 0.3) is 0 Å². The molecule has 162 valence electrons. The van der Waals surface area contributed by atoms with Crippen LogP contribution in [-0.4, -0.2) is 23.3 Å². The Morgan fingerprint density at radius 3 is 2.44 bits per heavy atom. The third kappa shape index (κ3) is 5.80. The number of thiazole rings is 1. The second-order valence-corrected chi connectivity index (χ2v) is 8.64. The number of nitrogens with zero attached hydrogens (tertiary/aromatic N) is 1. The number of para-hydroxylation sites is 1. The third-order valence-corrected chi connectivity index (χ3v) is 6.05. The smallest absolute Gasteiger partial charge is 0.224 e. The van der Waals surface area contributed by atoms with Gasteiger partial charge in [-0.25, -0.2) is 4.98 Å². The number of anilines is 1. The lowest BCUT2D eigenvalue weighted by atomic mass is 10.1. The van der Waals surface area contributed by atoms with E-state index in [1.165, 1.54) is 11.6 Å². The SMILES string of the molecule is CC(=O)c1ccc(OCCCC(=O)Nc2ccc(Cc3nc4ccccc4s3)cc2)cc1. The van der Waals surface area contributed by atoms with Crippen LogP contribution in [0.2, 0.25) is 0 Å². The number of carbonyl (C=O) groups is 2. The highest BCUT2D eigenvalue weighted by Crippen LogP contribution is 2.24. The van der Waals surface area contributed by atoms with Gasteiger partial charge in [-0.2, -0.15) is 0 Å². The minimum atomic E-state index is -0.0422. The van der Waals surface area contributed by atoms with E-state index in [9.17, 15) is 9.59 Å². The number of amides is 1. The molecule has 1 aromatic heterocycles. The average molecular weight is 445 g/mol. The summed E-state index contributed by atoms with van der Waals surface area (Å²) >= 11 is 1.71. The first-order valence-corrected chi connectivity index (χ1v) is 11.4. The summed E-state index contributed by atoms with van der Waals surface area (Å²) in [4.78, 5) is 28.2. The minimum Gasteiger partial charge on any atom is -0.494 e. The second-order valence-electron chi connectivity index (χ2n) is 7.53. The van der Waals surface area contributed by atoms with Crippen molar-refractivity contribution in [3.63, 3.8) is 0 Å². The van der Waals surface area contributed by atoms with Crippen LogP contribution < -0.4 is 10.1 Å². The normalized spacial score (nSPS) is 10.8. The number of nitrogens with one attached hydrogen (secondary N) is 1. The first-order valence-electron chi connectivity index (χ1n) is 10.5. The zero-order valence-corrected chi connectivity index (χ0v) is 18.7. The minimum absolute atomic E-state index is 0.0259. The Morgan fingerprint density at radius 2 is 1.72 bits per heavy atom. The Balaban J connectivity index is 1.20. The van der Waals surface area contributed by atoms with E-state index < -0.39 is 0 Å². The quantitative estimate of drug-likeness (QED) is 0.258. The fraction of sp³-hybridized carbons (Fsp3) is 0.192. The van der Waals surface area contributed by atoms with Gasteiger partial charge >= 0.3 is 0 Å². The molecule has 0 aliphatic heterocycles. The monoisotopic (exact) mass is 444 g/mol. The Hall–Kier alpha value is -3.51. The summed E-state index contributed by atoms with van der Waals surface area (Å²) in [6.45, 7) is 1.97. The molecular weight excluding hydrogens is 420 g/mol. The number of ketones is 1. The van der Waals surface area contributed by atoms with E-state index in [4.69, 9.17) is 4.74 Å². The summed E-state index contributed by atoms with van der Waals surface area (Å²) in [5, 5.41) is 4.01. The number of rotatable bonds is 9. The van der Waals surface area contributed by atoms with E-state index in [1.807, 2.05) is 42.5 Å². The second kappa shape index (κ2) is 10.2. The van der Waals surface area contributed by atoms with Gasteiger partial charge < -0.3 is 10.1 Å². The van der Waals surface area contributed by atoms with Gasteiger partial charge in [0.2, 0.25) is 5.91 Å². The van der Waals surface area contributed by atoms with Crippen LogP contribution in [0.15, 0.2) is 72.8 Å². The first kappa shape index (κ1) is 21.7. The third-order valence-electron chi connectivity index (χ3n) is 5.01. The van der Waals surface area contributed by atoms with Gasteiger partial charge in [-0.3, -0.25) is 9.59 Å². The van der Waals surface area contributed by atoms with E-state index in [-0.39, 0.29) is 11.7 Å². The van der Waals surface area contributed by atoms with Gasteiger partial charge in [0.05, 0.1) is 21.8 Å². The van der Waals surface area contributed by atoms with Crippen LogP contribution in [0.4, 0.5) is 5.69 Å². The largest absolute Gasteiger partial charge is 0.494 e. The topological polar surface area (TPSA) is 68.3 Å². The zero-order chi connectivity index (χ0) is 22.3. The first-order chi connectivity index (χ1) is 15.6. The van der Waals surface area contributed by atoms with E-state index >= 15 is 0 Å². The van der Waals surface area contributed by atoms with Crippen molar-refractivity contribution in [3.05, 3.63) is 88.9 Å². The number of benzene rings is 3. The predicted molar refractivity (Wildman–Crippen MR) is 129 cm³/mol. The molecule has 0 aliphatic rings. The average Bonchev–Trinajstić information content (AvgIpc) is 3.21. The molecule has 6 heteroatoms. The van der Waals surface area contributed by atoms with Crippen molar-refractivity contribution in [1.82, 2.24) is 4.98 Å². The Labute approximate surface area is 191 Å². The van der Waals surface area contributed by atoms with Crippen LogP contribution in [0.5, 0.6) is 5.75 Å². The van der Waals surface area contributed by atoms with Crippen molar-refractivity contribution in [3.8, 4) is 5.75 Å². The lowest BCUT2D eigenvalue weighted by Gasteiger charge is -2.08. The Morgan fingerprint density at radius 1 is 0.969 bits per heavy atom. The number of carbonyl (C=O) groups excluding carboxylic acids is 2. The van der Waals surface area contributed by atoms with Crippen LogP contribution in [0.1, 0.15) is 40.7 Å². The molecule has 0 radical (unpaired) electrons. The number of ether oxygens (including phenoxy) is 1.